The Morgan fingerprint density at radius 1 is 1.29 bits per heavy atom. The van der Waals surface area contributed by atoms with Crippen molar-refractivity contribution in [1.29, 1.82) is 0 Å². The number of anilines is 1. The molecule has 0 aliphatic heterocycles. The van der Waals surface area contributed by atoms with E-state index >= 15 is 0 Å². The SMILES string of the molecule is Cc1cccc(C2(C(=O)Nc3ccn(CC(N)=O)n3)CCCC2)c1. The van der Waals surface area contributed by atoms with Crippen LogP contribution in [-0.2, 0) is 21.5 Å². The average molecular weight is 326 g/mol. The molecule has 3 N–H and O–H groups in total. The van der Waals surface area contributed by atoms with Crippen molar-refractivity contribution in [3.8, 4) is 0 Å². The van der Waals surface area contributed by atoms with Crippen molar-refractivity contribution in [3.63, 3.8) is 0 Å². The van der Waals surface area contributed by atoms with Crippen LogP contribution in [0.15, 0.2) is 36.5 Å². The summed E-state index contributed by atoms with van der Waals surface area (Å²) >= 11 is 0. The lowest BCUT2D eigenvalue weighted by molar-refractivity contribution is -0.121. The van der Waals surface area contributed by atoms with Crippen molar-refractivity contribution in [2.75, 3.05) is 5.32 Å². The maximum absolute atomic E-state index is 13.0. The standard InChI is InChI=1S/C18H22N4O2/c1-13-5-4-6-14(11-13)18(8-2-3-9-18)17(24)20-16-7-10-22(21-16)12-15(19)23/h4-7,10-11H,2-3,8-9,12H2,1H3,(H2,19,23)(H,20,21,24). The van der Waals surface area contributed by atoms with E-state index in [0.29, 0.717) is 5.82 Å². The summed E-state index contributed by atoms with van der Waals surface area (Å²) in [6.45, 7) is 2.04. The number of aromatic nitrogens is 2. The van der Waals surface area contributed by atoms with Crippen molar-refractivity contribution >= 4 is 17.6 Å². The van der Waals surface area contributed by atoms with Gasteiger partial charge >= 0.3 is 0 Å². The lowest BCUT2D eigenvalue weighted by Gasteiger charge is -2.28. The highest BCUT2D eigenvalue weighted by Gasteiger charge is 2.42. The number of amides is 2. The summed E-state index contributed by atoms with van der Waals surface area (Å²) in [5.74, 6) is -0.0573. The molecule has 1 fully saturated rings. The molecular weight excluding hydrogens is 304 g/mol. The molecule has 6 heteroatoms. The van der Waals surface area contributed by atoms with Gasteiger partial charge in [-0.25, -0.2) is 0 Å². The number of carbonyl (C=O) groups is 2. The Morgan fingerprint density at radius 2 is 2.04 bits per heavy atom. The van der Waals surface area contributed by atoms with Gasteiger partial charge in [0, 0.05) is 12.3 Å². The summed E-state index contributed by atoms with van der Waals surface area (Å²) in [4.78, 5) is 24.0. The van der Waals surface area contributed by atoms with Gasteiger partial charge in [-0.15, -0.1) is 0 Å². The number of benzene rings is 1. The van der Waals surface area contributed by atoms with Crippen molar-refractivity contribution < 1.29 is 9.59 Å². The number of hydrogen-bond donors (Lipinski definition) is 2. The molecule has 6 nitrogen and oxygen atoms in total. The molecule has 0 unspecified atom stereocenters. The van der Waals surface area contributed by atoms with E-state index in [1.807, 2.05) is 25.1 Å². The predicted molar refractivity (Wildman–Crippen MR) is 91.4 cm³/mol. The van der Waals surface area contributed by atoms with Crippen LogP contribution < -0.4 is 11.1 Å². The second kappa shape index (κ2) is 6.47. The summed E-state index contributed by atoms with van der Waals surface area (Å²) in [5.41, 5.74) is 6.87. The molecule has 0 atom stereocenters. The first-order chi connectivity index (χ1) is 11.5. The first-order valence-corrected chi connectivity index (χ1v) is 8.20. The van der Waals surface area contributed by atoms with Gasteiger partial charge in [-0.2, -0.15) is 5.10 Å². The summed E-state index contributed by atoms with van der Waals surface area (Å²) in [6, 6.07) is 9.84. The fourth-order valence-corrected chi connectivity index (χ4v) is 3.48. The van der Waals surface area contributed by atoms with Gasteiger partial charge in [0.1, 0.15) is 6.54 Å². The molecule has 0 spiro atoms. The summed E-state index contributed by atoms with van der Waals surface area (Å²) < 4.78 is 1.42. The van der Waals surface area contributed by atoms with Gasteiger partial charge < -0.3 is 11.1 Å². The monoisotopic (exact) mass is 326 g/mol. The Hall–Kier alpha value is -2.63. The Bertz CT molecular complexity index is 760. The minimum atomic E-state index is -0.501. The largest absolute Gasteiger partial charge is 0.368 e. The van der Waals surface area contributed by atoms with Gasteiger partial charge in [-0.05, 0) is 25.3 Å². The summed E-state index contributed by atoms with van der Waals surface area (Å²) in [6.07, 6.45) is 5.39. The van der Waals surface area contributed by atoms with Gasteiger partial charge in [0.2, 0.25) is 11.8 Å². The Labute approximate surface area is 141 Å². The average Bonchev–Trinajstić information content (AvgIpc) is 3.17. The number of nitrogens with zero attached hydrogens (tertiary/aromatic N) is 2. The lowest BCUT2D eigenvalue weighted by atomic mass is 9.77. The van der Waals surface area contributed by atoms with Crippen LogP contribution in [0.25, 0.3) is 0 Å². The van der Waals surface area contributed by atoms with Gasteiger partial charge in [-0.3, -0.25) is 14.3 Å². The van der Waals surface area contributed by atoms with Gasteiger partial charge in [0.05, 0.1) is 5.41 Å². The molecule has 0 saturated heterocycles. The van der Waals surface area contributed by atoms with Gasteiger partial charge in [0.15, 0.2) is 5.82 Å². The van der Waals surface area contributed by atoms with Crippen molar-refractivity contribution in [3.05, 3.63) is 47.7 Å². The summed E-state index contributed by atoms with van der Waals surface area (Å²) in [5, 5.41) is 7.10. The fourth-order valence-electron chi connectivity index (χ4n) is 3.48. The second-order valence-electron chi connectivity index (χ2n) is 6.48. The molecule has 24 heavy (non-hydrogen) atoms. The van der Waals surface area contributed by atoms with E-state index in [-0.39, 0.29) is 12.5 Å². The Morgan fingerprint density at radius 3 is 2.71 bits per heavy atom. The molecule has 1 aliphatic carbocycles. The number of primary amides is 1. The zero-order valence-corrected chi connectivity index (χ0v) is 13.8. The van der Waals surface area contributed by atoms with E-state index in [9.17, 15) is 9.59 Å². The molecule has 1 heterocycles. The Kier molecular flexibility index (Phi) is 4.38. The fraction of sp³-hybridized carbons (Fsp3) is 0.389. The van der Waals surface area contributed by atoms with Crippen molar-refractivity contribution in [2.24, 2.45) is 5.73 Å². The van der Waals surface area contributed by atoms with E-state index in [0.717, 1.165) is 36.8 Å². The van der Waals surface area contributed by atoms with Crippen LogP contribution in [0, 0.1) is 6.92 Å². The highest BCUT2D eigenvalue weighted by Crippen LogP contribution is 2.42. The van der Waals surface area contributed by atoms with Crippen LogP contribution >= 0.6 is 0 Å². The number of nitrogens with two attached hydrogens (primary N) is 1. The first kappa shape index (κ1) is 16.2. The van der Waals surface area contributed by atoms with E-state index in [1.165, 1.54) is 4.68 Å². The third kappa shape index (κ3) is 3.18. The quantitative estimate of drug-likeness (QED) is 0.882. The van der Waals surface area contributed by atoms with Crippen LogP contribution in [-0.4, -0.2) is 21.6 Å². The zero-order valence-electron chi connectivity index (χ0n) is 13.8. The number of rotatable bonds is 5. The molecule has 0 bridgehead atoms. The maximum Gasteiger partial charge on any atom is 0.239 e. The van der Waals surface area contributed by atoms with Crippen molar-refractivity contribution in [1.82, 2.24) is 9.78 Å². The third-order valence-corrected chi connectivity index (χ3v) is 4.66. The molecule has 2 aromatic rings. The molecule has 1 aliphatic rings. The first-order valence-electron chi connectivity index (χ1n) is 8.20. The highest BCUT2D eigenvalue weighted by atomic mass is 16.2. The van der Waals surface area contributed by atoms with E-state index < -0.39 is 11.3 Å². The topological polar surface area (TPSA) is 90.0 Å². The predicted octanol–water partition coefficient (Wildman–Crippen LogP) is 2.13. The summed E-state index contributed by atoms with van der Waals surface area (Å²) in [7, 11) is 0. The molecule has 1 aromatic carbocycles. The number of carbonyl (C=O) groups excluding carboxylic acids is 2. The minimum Gasteiger partial charge on any atom is -0.368 e. The van der Waals surface area contributed by atoms with Gasteiger partial charge in [0.25, 0.3) is 0 Å². The molecule has 0 radical (unpaired) electrons. The number of hydrogen-bond acceptors (Lipinski definition) is 3. The third-order valence-electron chi connectivity index (χ3n) is 4.66. The number of nitrogens with one attached hydrogen (secondary N) is 1. The molecule has 2 amide bonds. The minimum absolute atomic E-state index is 0.00110. The van der Waals surface area contributed by atoms with Crippen LogP contribution in [0.4, 0.5) is 5.82 Å². The van der Waals surface area contributed by atoms with E-state index in [2.05, 4.69) is 16.5 Å². The van der Waals surface area contributed by atoms with Crippen molar-refractivity contribution in [2.45, 2.75) is 44.6 Å². The Balaban J connectivity index is 1.83. The van der Waals surface area contributed by atoms with E-state index in [1.54, 1.807) is 12.3 Å². The zero-order chi connectivity index (χ0) is 17.2. The normalized spacial score (nSPS) is 16.0. The van der Waals surface area contributed by atoms with Gasteiger partial charge in [-0.1, -0.05) is 42.7 Å². The molecule has 3 rings (SSSR count). The van der Waals surface area contributed by atoms with Crippen LogP contribution in [0.5, 0.6) is 0 Å². The smallest absolute Gasteiger partial charge is 0.239 e. The maximum atomic E-state index is 13.0. The number of aryl methyl sites for hydroxylation is 1. The molecule has 1 aromatic heterocycles. The molecule has 126 valence electrons. The van der Waals surface area contributed by atoms with Crippen LogP contribution in [0.3, 0.4) is 0 Å². The van der Waals surface area contributed by atoms with Crippen LogP contribution in [0.2, 0.25) is 0 Å². The highest BCUT2D eigenvalue weighted by molar-refractivity contribution is 5.98. The second-order valence-corrected chi connectivity index (χ2v) is 6.48. The lowest BCUT2D eigenvalue weighted by Crippen LogP contribution is -2.38. The molecule has 1 saturated carbocycles. The van der Waals surface area contributed by atoms with E-state index in [4.69, 9.17) is 5.73 Å². The molecular formula is C18H22N4O2. The van der Waals surface area contributed by atoms with Crippen LogP contribution in [0.1, 0.15) is 36.8 Å².